The Kier molecular flexibility index (Phi) is 4.11. The van der Waals surface area contributed by atoms with Gasteiger partial charge in [-0.25, -0.2) is 0 Å². The molecule has 23 heavy (non-hydrogen) atoms. The zero-order valence-corrected chi connectivity index (χ0v) is 13.7. The summed E-state index contributed by atoms with van der Waals surface area (Å²) in [7, 11) is 1.59. The van der Waals surface area contributed by atoms with E-state index in [1.165, 1.54) is 0 Å². The minimum Gasteiger partial charge on any atom is -0.497 e. The fourth-order valence-corrected chi connectivity index (χ4v) is 2.95. The van der Waals surface area contributed by atoms with Crippen LogP contribution in [0.5, 0.6) is 5.75 Å². The molecule has 0 aliphatic rings. The van der Waals surface area contributed by atoms with Crippen LogP contribution in [0.4, 0.5) is 0 Å². The first kappa shape index (κ1) is 15.6. The highest BCUT2D eigenvalue weighted by Gasteiger charge is 2.15. The lowest BCUT2D eigenvalue weighted by Crippen LogP contribution is -2.25. The van der Waals surface area contributed by atoms with Gasteiger partial charge in [-0.3, -0.25) is 9.36 Å². The Balaban J connectivity index is 2.42. The van der Waals surface area contributed by atoms with Gasteiger partial charge in [-0.2, -0.15) is 0 Å². The quantitative estimate of drug-likeness (QED) is 0.798. The number of hydrogen-bond donors (Lipinski definition) is 1. The molecule has 118 valence electrons. The van der Waals surface area contributed by atoms with Gasteiger partial charge in [0.15, 0.2) is 0 Å². The van der Waals surface area contributed by atoms with E-state index in [1.807, 2.05) is 43.3 Å². The molecule has 1 unspecified atom stereocenters. The highest BCUT2D eigenvalue weighted by atomic mass is 35.5. The van der Waals surface area contributed by atoms with Crippen molar-refractivity contribution in [1.82, 2.24) is 4.57 Å². The van der Waals surface area contributed by atoms with E-state index in [0.29, 0.717) is 21.8 Å². The maximum atomic E-state index is 13.1. The SMILES string of the molecule is COc1cccc(-n2c(C(C)N)cc3cccc(Cl)c3c2=O)c1. The summed E-state index contributed by atoms with van der Waals surface area (Å²) in [5.41, 5.74) is 7.33. The summed E-state index contributed by atoms with van der Waals surface area (Å²) < 4.78 is 6.85. The van der Waals surface area contributed by atoms with Gasteiger partial charge in [0, 0.05) is 17.8 Å². The molecule has 0 aliphatic heterocycles. The molecule has 2 aromatic carbocycles. The zero-order chi connectivity index (χ0) is 16.6. The number of nitrogens with zero attached hydrogens (tertiary/aromatic N) is 1. The van der Waals surface area contributed by atoms with Crippen LogP contribution in [0.25, 0.3) is 16.5 Å². The summed E-state index contributed by atoms with van der Waals surface area (Å²) >= 11 is 6.24. The molecule has 0 bridgehead atoms. The van der Waals surface area contributed by atoms with E-state index < -0.39 is 0 Å². The molecule has 0 aliphatic carbocycles. The molecule has 0 saturated heterocycles. The maximum absolute atomic E-state index is 13.1. The molecular formula is C18H17ClN2O2. The Bertz CT molecular complexity index is 932. The topological polar surface area (TPSA) is 57.2 Å². The first-order valence-corrected chi connectivity index (χ1v) is 7.65. The minimum atomic E-state index is -0.308. The molecule has 3 rings (SSSR count). The highest BCUT2D eigenvalue weighted by Crippen LogP contribution is 2.25. The third kappa shape index (κ3) is 2.71. The Morgan fingerprint density at radius 2 is 1.91 bits per heavy atom. The van der Waals surface area contributed by atoms with Gasteiger partial charge >= 0.3 is 0 Å². The number of ether oxygens (including phenoxy) is 1. The van der Waals surface area contributed by atoms with Crippen molar-refractivity contribution in [2.24, 2.45) is 5.73 Å². The van der Waals surface area contributed by atoms with Gasteiger partial charge in [0.05, 0.1) is 23.2 Å². The van der Waals surface area contributed by atoms with Crippen molar-refractivity contribution in [1.29, 1.82) is 0 Å². The van der Waals surface area contributed by atoms with E-state index in [-0.39, 0.29) is 11.6 Å². The Morgan fingerprint density at radius 1 is 1.17 bits per heavy atom. The molecule has 0 amide bonds. The number of aromatic nitrogens is 1. The van der Waals surface area contributed by atoms with Crippen LogP contribution in [0.3, 0.4) is 0 Å². The van der Waals surface area contributed by atoms with E-state index in [0.717, 1.165) is 11.1 Å². The van der Waals surface area contributed by atoms with Gasteiger partial charge in [-0.1, -0.05) is 29.8 Å². The fraction of sp³-hybridized carbons (Fsp3) is 0.167. The lowest BCUT2D eigenvalue weighted by Gasteiger charge is -2.18. The number of pyridine rings is 1. The lowest BCUT2D eigenvalue weighted by atomic mass is 10.1. The molecule has 4 nitrogen and oxygen atoms in total. The Morgan fingerprint density at radius 3 is 2.61 bits per heavy atom. The normalized spacial score (nSPS) is 12.3. The zero-order valence-electron chi connectivity index (χ0n) is 12.9. The summed E-state index contributed by atoms with van der Waals surface area (Å²) in [6.07, 6.45) is 0. The Labute approximate surface area is 139 Å². The monoisotopic (exact) mass is 328 g/mol. The van der Waals surface area contributed by atoms with Crippen molar-refractivity contribution in [2.45, 2.75) is 13.0 Å². The van der Waals surface area contributed by atoms with Gasteiger partial charge in [-0.05, 0) is 36.6 Å². The number of hydrogen-bond acceptors (Lipinski definition) is 3. The maximum Gasteiger partial charge on any atom is 0.264 e. The minimum absolute atomic E-state index is 0.186. The van der Waals surface area contributed by atoms with E-state index in [2.05, 4.69) is 0 Å². The first-order chi connectivity index (χ1) is 11.0. The van der Waals surface area contributed by atoms with Crippen LogP contribution >= 0.6 is 11.6 Å². The summed E-state index contributed by atoms with van der Waals surface area (Å²) in [5.74, 6) is 0.671. The number of methoxy groups -OCH3 is 1. The molecule has 0 radical (unpaired) electrons. The van der Waals surface area contributed by atoms with E-state index in [9.17, 15) is 4.79 Å². The van der Waals surface area contributed by atoms with Crippen LogP contribution in [0.1, 0.15) is 18.7 Å². The van der Waals surface area contributed by atoms with Crippen molar-refractivity contribution in [3.8, 4) is 11.4 Å². The predicted molar refractivity (Wildman–Crippen MR) is 93.7 cm³/mol. The average Bonchev–Trinajstić information content (AvgIpc) is 2.54. The molecule has 0 saturated carbocycles. The van der Waals surface area contributed by atoms with E-state index in [1.54, 1.807) is 23.8 Å². The Hall–Kier alpha value is -2.30. The van der Waals surface area contributed by atoms with Crippen molar-refractivity contribution >= 4 is 22.4 Å². The summed E-state index contributed by atoms with van der Waals surface area (Å²) in [6.45, 7) is 1.85. The second-order valence-electron chi connectivity index (χ2n) is 5.40. The molecule has 0 fully saturated rings. The van der Waals surface area contributed by atoms with Crippen LogP contribution < -0.4 is 16.0 Å². The number of fused-ring (bicyclic) bond motifs is 1. The summed E-state index contributed by atoms with van der Waals surface area (Å²) in [6, 6.07) is 14.3. The van der Waals surface area contributed by atoms with Gasteiger partial charge in [0.25, 0.3) is 5.56 Å². The molecule has 3 aromatic rings. The molecule has 5 heteroatoms. The highest BCUT2D eigenvalue weighted by molar-refractivity contribution is 6.35. The van der Waals surface area contributed by atoms with Crippen LogP contribution in [-0.2, 0) is 0 Å². The van der Waals surface area contributed by atoms with Crippen molar-refractivity contribution in [3.63, 3.8) is 0 Å². The third-order valence-electron chi connectivity index (χ3n) is 3.80. The van der Waals surface area contributed by atoms with Crippen LogP contribution in [0.15, 0.2) is 53.3 Å². The second kappa shape index (κ2) is 6.07. The second-order valence-corrected chi connectivity index (χ2v) is 5.81. The van der Waals surface area contributed by atoms with Gasteiger partial charge in [0.1, 0.15) is 5.75 Å². The van der Waals surface area contributed by atoms with Crippen molar-refractivity contribution < 1.29 is 4.74 Å². The average molecular weight is 329 g/mol. The van der Waals surface area contributed by atoms with Gasteiger partial charge in [0.2, 0.25) is 0 Å². The number of rotatable bonds is 3. The number of halogens is 1. The third-order valence-corrected chi connectivity index (χ3v) is 4.12. The molecular weight excluding hydrogens is 312 g/mol. The molecule has 0 spiro atoms. The molecule has 1 heterocycles. The summed E-state index contributed by atoms with van der Waals surface area (Å²) in [4.78, 5) is 13.1. The smallest absolute Gasteiger partial charge is 0.264 e. The van der Waals surface area contributed by atoms with Crippen LogP contribution in [-0.4, -0.2) is 11.7 Å². The van der Waals surface area contributed by atoms with Crippen LogP contribution in [0.2, 0.25) is 5.02 Å². The van der Waals surface area contributed by atoms with E-state index >= 15 is 0 Å². The molecule has 1 aromatic heterocycles. The number of nitrogens with two attached hydrogens (primary N) is 1. The number of benzene rings is 2. The fourth-order valence-electron chi connectivity index (χ4n) is 2.69. The predicted octanol–water partition coefficient (Wildman–Crippen LogP) is 3.67. The molecule has 2 N–H and O–H groups in total. The van der Waals surface area contributed by atoms with E-state index in [4.69, 9.17) is 22.1 Å². The standard InChI is InChI=1S/C18H17ClN2O2/c1-11(20)16-9-12-5-3-8-15(19)17(12)18(22)21(16)13-6-4-7-14(10-13)23-2/h3-11H,20H2,1-2H3. The first-order valence-electron chi connectivity index (χ1n) is 7.27. The largest absolute Gasteiger partial charge is 0.497 e. The van der Waals surface area contributed by atoms with Gasteiger partial charge in [-0.15, -0.1) is 0 Å². The van der Waals surface area contributed by atoms with Crippen molar-refractivity contribution in [2.75, 3.05) is 7.11 Å². The van der Waals surface area contributed by atoms with Crippen molar-refractivity contribution in [3.05, 3.63) is 69.6 Å². The van der Waals surface area contributed by atoms with Gasteiger partial charge < -0.3 is 10.5 Å². The lowest BCUT2D eigenvalue weighted by molar-refractivity contribution is 0.414. The van der Waals surface area contributed by atoms with Crippen LogP contribution in [0, 0.1) is 0 Å². The summed E-state index contributed by atoms with van der Waals surface area (Å²) in [5, 5.41) is 1.70. The molecule has 1 atom stereocenters.